The van der Waals surface area contributed by atoms with Crippen molar-refractivity contribution in [2.75, 3.05) is 32.1 Å². The summed E-state index contributed by atoms with van der Waals surface area (Å²) in [6.07, 6.45) is 1.61. The van der Waals surface area contributed by atoms with Gasteiger partial charge in [-0.15, -0.1) is 0 Å². The number of carbonyl (C=O) groups is 1. The summed E-state index contributed by atoms with van der Waals surface area (Å²) >= 11 is 0. The number of aromatic nitrogens is 1. The number of anilines is 1. The molecular weight excluding hydrogens is 242 g/mol. The average molecular weight is 265 g/mol. The molecule has 5 nitrogen and oxygen atoms in total. The molecule has 0 fully saturated rings. The Morgan fingerprint density at radius 2 is 2.26 bits per heavy atom. The molecule has 1 rings (SSSR count). The molecule has 0 radical (unpaired) electrons. The average Bonchev–Trinajstić information content (AvgIpc) is 2.37. The fourth-order valence-corrected chi connectivity index (χ4v) is 1.78. The topological polar surface area (TPSA) is 63.2 Å². The molecule has 0 aliphatic rings. The van der Waals surface area contributed by atoms with E-state index >= 15 is 0 Å². The van der Waals surface area contributed by atoms with Crippen LogP contribution in [0.1, 0.15) is 29.9 Å². The number of methoxy groups -OCH3 is 1. The van der Waals surface area contributed by atoms with Gasteiger partial charge in [-0.25, -0.2) is 0 Å². The molecule has 1 atom stereocenters. The third-order valence-electron chi connectivity index (χ3n) is 2.71. The highest BCUT2D eigenvalue weighted by atomic mass is 16.5. The molecule has 5 heteroatoms. The van der Waals surface area contributed by atoms with E-state index in [1.807, 2.05) is 26.8 Å². The summed E-state index contributed by atoms with van der Waals surface area (Å²) in [5, 5.41) is 6.09. The van der Waals surface area contributed by atoms with Crippen molar-refractivity contribution in [2.45, 2.75) is 20.8 Å². The lowest BCUT2D eigenvalue weighted by atomic mass is 10.1. The van der Waals surface area contributed by atoms with Gasteiger partial charge >= 0.3 is 0 Å². The van der Waals surface area contributed by atoms with Crippen LogP contribution < -0.4 is 10.6 Å². The Labute approximate surface area is 114 Å². The van der Waals surface area contributed by atoms with Gasteiger partial charge in [0.05, 0.1) is 17.9 Å². The lowest BCUT2D eigenvalue weighted by Crippen LogP contribution is -2.30. The molecule has 19 heavy (non-hydrogen) atoms. The maximum absolute atomic E-state index is 12.1. The smallest absolute Gasteiger partial charge is 0.254 e. The van der Waals surface area contributed by atoms with Gasteiger partial charge in [0.25, 0.3) is 5.91 Å². The van der Waals surface area contributed by atoms with Crippen molar-refractivity contribution in [1.29, 1.82) is 0 Å². The van der Waals surface area contributed by atoms with Crippen LogP contribution in [0.15, 0.2) is 12.3 Å². The highest BCUT2D eigenvalue weighted by Gasteiger charge is 2.13. The number of amides is 1. The van der Waals surface area contributed by atoms with Crippen molar-refractivity contribution in [3.8, 4) is 0 Å². The molecule has 1 unspecified atom stereocenters. The standard InChI is InChI=1S/C14H23N3O2/c1-5-15-13-6-11(3)16-8-12(13)14(18)17-7-10(2)9-19-4/h6,8,10H,5,7,9H2,1-4H3,(H,15,16)(H,17,18). The summed E-state index contributed by atoms with van der Waals surface area (Å²) in [7, 11) is 1.66. The summed E-state index contributed by atoms with van der Waals surface area (Å²) in [5.74, 6) is 0.182. The monoisotopic (exact) mass is 265 g/mol. The predicted octanol–water partition coefficient (Wildman–Crippen LogP) is 1.83. The van der Waals surface area contributed by atoms with Crippen LogP contribution in [0, 0.1) is 12.8 Å². The summed E-state index contributed by atoms with van der Waals surface area (Å²) in [6, 6.07) is 1.89. The highest BCUT2D eigenvalue weighted by Crippen LogP contribution is 2.15. The SMILES string of the molecule is CCNc1cc(C)ncc1C(=O)NCC(C)COC. The Bertz CT molecular complexity index is 421. The molecule has 0 aliphatic heterocycles. The van der Waals surface area contributed by atoms with Crippen LogP contribution in [0.4, 0.5) is 5.69 Å². The second kappa shape index (κ2) is 7.74. The number of hydrogen-bond acceptors (Lipinski definition) is 4. The predicted molar refractivity (Wildman–Crippen MR) is 76.5 cm³/mol. The van der Waals surface area contributed by atoms with Crippen LogP contribution in [-0.4, -0.2) is 37.7 Å². The first kappa shape index (κ1) is 15.4. The highest BCUT2D eigenvalue weighted by molar-refractivity contribution is 5.99. The molecule has 1 aromatic rings. The second-order valence-corrected chi connectivity index (χ2v) is 4.67. The van der Waals surface area contributed by atoms with Crippen molar-refractivity contribution in [1.82, 2.24) is 10.3 Å². The molecule has 0 aromatic carbocycles. The fourth-order valence-electron chi connectivity index (χ4n) is 1.78. The molecule has 0 saturated carbocycles. The third-order valence-corrected chi connectivity index (χ3v) is 2.71. The molecular formula is C14H23N3O2. The van der Waals surface area contributed by atoms with Gasteiger partial charge in [-0.2, -0.15) is 0 Å². The summed E-state index contributed by atoms with van der Waals surface area (Å²) in [6.45, 7) is 7.92. The van der Waals surface area contributed by atoms with Crippen LogP contribution in [0.3, 0.4) is 0 Å². The second-order valence-electron chi connectivity index (χ2n) is 4.67. The molecule has 106 valence electrons. The first-order valence-electron chi connectivity index (χ1n) is 6.56. The number of hydrogen-bond donors (Lipinski definition) is 2. The first-order chi connectivity index (χ1) is 9.08. The molecule has 2 N–H and O–H groups in total. The van der Waals surface area contributed by atoms with E-state index in [1.165, 1.54) is 0 Å². The zero-order chi connectivity index (χ0) is 14.3. The van der Waals surface area contributed by atoms with Crippen LogP contribution in [0.2, 0.25) is 0 Å². The van der Waals surface area contributed by atoms with Gasteiger partial charge in [-0.05, 0) is 25.8 Å². The van der Waals surface area contributed by atoms with Gasteiger partial charge in [0.15, 0.2) is 0 Å². The van der Waals surface area contributed by atoms with Gasteiger partial charge < -0.3 is 15.4 Å². The van der Waals surface area contributed by atoms with E-state index in [9.17, 15) is 4.79 Å². The van der Waals surface area contributed by atoms with E-state index in [-0.39, 0.29) is 11.8 Å². The molecule has 0 bridgehead atoms. The largest absolute Gasteiger partial charge is 0.385 e. The molecule has 1 amide bonds. The number of nitrogens with zero attached hydrogens (tertiary/aromatic N) is 1. The van der Waals surface area contributed by atoms with E-state index < -0.39 is 0 Å². The Kier molecular flexibility index (Phi) is 6.29. The summed E-state index contributed by atoms with van der Waals surface area (Å²) in [5.41, 5.74) is 2.30. The minimum absolute atomic E-state index is 0.105. The fraction of sp³-hybridized carbons (Fsp3) is 0.571. The van der Waals surface area contributed by atoms with Gasteiger partial charge in [-0.1, -0.05) is 6.92 Å². The van der Waals surface area contributed by atoms with Crippen molar-refractivity contribution >= 4 is 11.6 Å². The van der Waals surface area contributed by atoms with Crippen molar-refractivity contribution in [3.63, 3.8) is 0 Å². The number of aryl methyl sites for hydroxylation is 1. The van der Waals surface area contributed by atoms with E-state index in [4.69, 9.17) is 4.74 Å². The van der Waals surface area contributed by atoms with Crippen molar-refractivity contribution in [3.05, 3.63) is 23.5 Å². The number of carbonyl (C=O) groups excluding carboxylic acids is 1. The number of ether oxygens (including phenoxy) is 1. The van der Waals surface area contributed by atoms with Gasteiger partial charge in [0, 0.05) is 32.1 Å². The zero-order valence-electron chi connectivity index (χ0n) is 12.1. The van der Waals surface area contributed by atoms with E-state index in [0.29, 0.717) is 18.7 Å². The molecule has 0 aliphatic carbocycles. The normalized spacial score (nSPS) is 12.0. The number of pyridine rings is 1. The lowest BCUT2D eigenvalue weighted by Gasteiger charge is -2.14. The minimum Gasteiger partial charge on any atom is -0.385 e. The molecule has 1 heterocycles. The van der Waals surface area contributed by atoms with Crippen LogP contribution in [0.5, 0.6) is 0 Å². The maximum Gasteiger partial charge on any atom is 0.254 e. The van der Waals surface area contributed by atoms with Crippen molar-refractivity contribution in [2.24, 2.45) is 5.92 Å². The Balaban J connectivity index is 2.70. The number of nitrogens with one attached hydrogen (secondary N) is 2. The van der Waals surface area contributed by atoms with Gasteiger partial charge in [0.1, 0.15) is 0 Å². The van der Waals surface area contributed by atoms with Gasteiger partial charge in [0.2, 0.25) is 0 Å². The Morgan fingerprint density at radius 3 is 2.89 bits per heavy atom. The van der Waals surface area contributed by atoms with Crippen LogP contribution >= 0.6 is 0 Å². The van der Waals surface area contributed by atoms with Gasteiger partial charge in [-0.3, -0.25) is 9.78 Å². The maximum atomic E-state index is 12.1. The van der Waals surface area contributed by atoms with E-state index in [0.717, 1.165) is 17.9 Å². The minimum atomic E-state index is -0.105. The third kappa shape index (κ3) is 4.87. The Morgan fingerprint density at radius 1 is 1.53 bits per heavy atom. The van der Waals surface area contributed by atoms with Crippen LogP contribution in [-0.2, 0) is 4.74 Å². The van der Waals surface area contributed by atoms with Crippen LogP contribution in [0.25, 0.3) is 0 Å². The van der Waals surface area contributed by atoms with E-state index in [1.54, 1.807) is 13.3 Å². The Hall–Kier alpha value is -1.62. The summed E-state index contributed by atoms with van der Waals surface area (Å²) < 4.78 is 5.04. The van der Waals surface area contributed by atoms with E-state index in [2.05, 4.69) is 15.6 Å². The van der Waals surface area contributed by atoms with Crippen molar-refractivity contribution < 1.29 is 9.53 Å². The summed E-state index contributed by atoms with van der Waals surface area (Å²) in [4.78, 5) is 16.3. The molecule has 1 aromatic heterocycles. The zero-order valence-corrected chi connectivity index (χ0v) is 12.1. The molecule has 0 saturated heterocycles. The number of rotatable bonds is 7. The lowest BCUT2D eigenvalue weighted by molar-refractivity contribution is 0.0934. The first-order valence-corrected chi connectivity index (χ1v) is 6.56. The quantitative estimate of drug-likeness (QED) is 0.789. The molecule has 0 spiro atoms.